The van der Waals surface area contributed by atoms with Crippen molar-refractivity contribution in [2.24, 2.45) is 5.73 Å². The Bertz CT molecular complexity index is 504. The molecule has 0 atom stereocenters. The van der Waals surface area contributed by atoms with Gasteiger partial charge in [-0.25, -0.2) is 8.78 Å². The Morgan fingerprint density at radius 2 is 2.00 bits per heavy atom. The highest BCUT2D eigenvalue weighted by Gasteiger charge is 2.26. The minimum Gasteiger partial charge on any atom is -0.369 e. The Morgan fingerprint density at radius 1 is 1.35 bits per heavy atom. The van der Waals surface area contributed by atoms with Crippen molar-refractivity contribution < 1.29 is 13.6 Å². The Hall–Kier alpha value is -1.01. The molecule has 1 aromatic rings. The number of hydrogen-bond acceptors (Lipinski definition) is 2. The summed E-state index contributed by atoms with van der Waals surface area (Å²) in [5.41, 5.74) is 5.22. The molecule has 0 aliphatic heterocycles. The van der Waals surface area contributed by atoms with Gasteiger partial charge in [0.25, 0.3) is 0 Å². The zero-order valence-corrected chi connectivity index (χ0v) is 12.6. The van der Waals surface area contributed by atoms with Gasteiger partial charge in [0.1, 0.15) is 11.6 Å². The molecule has 1 aliphatic carbocycles. The summed E-state index contributed by atoms with van der Waals surface area (Å²) in [6.45, 7) is 0.0841. The molecule has 0 bridgehead atoms. The van der Waals surface area contributed by atoms with Crippen LogP contribution in [0.25, 0.3) is 0 Å². The first-order valence-corrected chi connectivity index (χ1v) is 7.43. The molecule has 0 aromatic heterocycles. The number of hydrogen-bond donors (Lipinski definition) is 1. The predicted octanol–water partition coefficient (Wildman–Crippen LogP) is 2.96. The normalized spacial score (nSPS) is 16.0. The van der Waals surface area contributed by atoms with Crippen LogP contribution in [0.3, 0.4) is 0 Å². The Kier molecular flexibility index (Phi) is 5.10. The van der Waals surface area contributed by atoms with Crippen LogP contribution in [0.5, 0.6) is 0 Å². The molecule has 1 saturated carbocycles. The van der Waals surface area contributed by atoms with Crippen LogP contribution in [-0.4, -0.2) is 23.4 Å². The number of carbonyl (C=O) groups excluding carboxylic acids is 1. The molecule has 1 fully saturated rings. The summed E-state index contributed by atoms with van der Waals surface area (Å²) in [5, 5.41) is 0. The molecular formula is C14H17BrF2N2O. The number of nitrogens with two attached hydrogens (primary N) is 1. The van der Waals surface area contributed by atoms with Crippen LogP contribution >= 0.6 is 15.9 Å². The summed E-state index contributed by atoms with van der Waals surface area (Å²) < 4.78 is 28.1. The van der Waals surface area contributed by atoms with Gasteiger partial charge in [0.2, 0.25) is 5.91 Å². The third-order valence-corrected chi connectivity index (χ3v) is 4.31. The summed E-state index contributed by atoms with van der Waals surface area (Å²) in [5.74, 6) is -1.69. The molecule has 20 heavy (non-hydrogen) atoms. The third-order valence-electron chi connectivity index (χ3n) is 3.70. The standard InChI is InChI=1S/C14H17BrF2N2O/c15-11-5-6-12(16)10(14(11)17)7-19(8-13(18)20)9-3-1-2-4-9/h5-6,9H,1-4,7-8H2,(H2,18,20). The molecule has 0 unspecified atom stereocenters. The summed E-state index contributed by atoms with van der Waals surface area (Å²) in [6, 6.07) is 2.72. The molecule has 1 aromatic carbocycles. The van der Waals surface area contributed by atoms with E-state index in [1.165, 1.54) is 12.1 Å². The van der Waals surface area contributed by atoms with Crippen molar-refractivity contribution in [2.45, 2.75) is 38.3 Å². The maximum atomic E-state index is 14.0. The molecule has 2 N–H and O–H groups in total. The van der Waals surface area contributed by atoms with E-state index in [0.29, 0.717) is 0 Å². The van der Waals surface area contributed by atoms with E-state index in [-0.39, 0.29) is 29.2 Å². The summed E-state index contributed by atoms with van der Waals surface area (Å²) in [7, 11) is 0. The van der Waals surface area contributed by atoms with Gasteiger partial charge in [-0.05, 0) is 40.9 Å². The average Bonchev–Trinajstić information content (AvgIpc) is 2.91. The highest BCUT2D eigenvalue weighted by molar-refractivity contribution is 9.10. The van der Waals surface area contributed by atoms with Gasteiger partial charge in [0.15, 0.2) is 0 Å². The van der Waals surface area contributed by atoms with Gasteiger partial charge in [0.05, 0.1) is 11.0 Å². The van der Waals surface area contributed by atoms with Crippen LogP contribution < -0.4 is 5.73 Å². The minimum absolute atomic E-state index is 0.0208. The monoisotopic (exact) mass is 346 g/mol. The van der Waals surface area contributed by atoms with Crippen molar-refractivity contribution in [3.8, 4) is 0 Å². The molecule has 6 heteroatoms. The highest BCUT2D eigenvalue weighted by atomic mass is 79.9. The molecule has 2 rings (SSSR count). The lowest BCUT2D eigenvalue weighted by Crippen LogP contribution is -2.40. The molecule has 0 radical (unpaired) electrons. The highest BCUT2D eigenvalue weighted by Crippen LogP contribution is 2.28. The molecular weight excluding hydrogens is 330 g/mol. The van der Waals surface area contributed by atoms with Crippen molar-refractivity contribution in [2.75, 3.05) is 6.54 Å². The number of rotatable bonds is 5. The fourth-order valence-corrected chi connectivity index (χ4v) is 3.07. The quantitative estimate of drug-likeness (QED) is 0.833. The largest absolute Gasteiger partial charge is 0.369 e. The van der Waals surface area contributed by atoms with Crippen LogP contribution in [0.4, 0.5) is 8.78 Å². The van der Waals surface area contributed by atoms with Gasteiger partial charge in [-0.15, -0.1) is 0 Å². The Labute approximate surface area is 125 Å². The molecule has 0 saturated heterocycles. The number of primary amides is 1. The van der Waals surface area contributed by atoms with Gasteiger partial charge in [-0.2, -0.15) is 0 Å². The number of benzene rings is 1. The fourth-order valence-electron chi connectivity index (χ4n) is 2.70. The lowest BCUT2D eigenvalue weighted by atomic mass is 10.1. The van der Waals surface area contributed by atoms with E-state index in [9.17, 15) is 13.6 Å². The molecule has 1 amide bonds. The van der Waals surface area contributed by atoms with E-state index in [2.05, 4.69) is 15.9 Å². The number of nitrogens with zero attached hydrogens (tertiary/aromatic N) is 1. The molecule has 1 aliphatic rings. The maximum Gasteiger partial charge on any atom is 0.231 e. The van der Waals surface area contributed by atoms with Crippen LogP contribution in [-0.2, 0) is 11.3 Å². The van der Waals surface area contributed by atoms with Gasteiger partial charge in [0, 0.05) is 18.2 Å². The smallest absolute Gasteiger partial charge is 0.231 e. The fraction of sp³-hybridized carbons (Fsp3) is 0.500. The van der Waals surface area contributed by atoms with Crippen molar-refractivity contribution in [1.82, 2.24) is 4.90 Å². The number of halogens is 3. The Balaban J connectivity index is 2.22. The second-order valence-electron chi connectivity index (χ2n) is 5.13. The molecule has 110 valence electrons. The summed E-state index contributed by atoms with van der Waals surface area (Å²) in [6.07, 6.45) is 4.02. The SMILES string of the molecule is NC(=O)CN(Cc1c(F)ccc(Br)c1F)C1CCCC1. The van der Waals surface area contributed by atoms with E-state index in [1.54, 1.807) is 4.90 Å². The van der Waals surface area contributed by atoms with E-state index >= 15 is 0 Å². The second kappa shape index (κ2) is 6.63. The van der Waals surface area contributed by atoms with E-state index in [4.69, 9.17) is 5.73 Å². The maximum absolute atomic E-state index is 14.0. The topological polar surface area (TPSA) is 46.3 Å². The number of amides is 1. The zero-order chi connectivity index (χ0) is 14.7. The van der Waals surface area contributed by atoms with E-state index < -0.39 is 17.5 Å². The molecule has 3 nitrogen and oxygen atoms in total. The van der Waals surface area contributed by atoms with Gasteiger partial charge < -0.3 is 5.73 Å². The molecule has 0 heterocycles. The van der Waals surface area contributed by atoms with Crippen LogP contribution in [0, 0.1) is 11.6 Å². The van der Waals surface area contributed by atoms with Gasteiger partial charge in [-0.1, -0.05) is 12.8 Å². The number of carbonyl (C=O) groups is 1. The predicted molar refractivity (Wildman–Crippen MR) is 75.9 cm³/mol. The first kappa shape index (κ1) is 15.4. The van der Waals surface area contributed by atoms with Crippen molar-refractivity contribution in [3.05, 3.63) is 33.8 Å². The van der Waals surface area contributed by atoms with Crippen molar-refractivity contribution >= 4 is 21.8 Å². The first-order valence-electron chi connectivity index (χ1n) is 6.63. The lowest BCUT2D eigenvalue weighted by molar-refractivity contribution is -0.119. The Morgan fingerprint density at radius 3 is 2.60 bits per heavy atom. The summed E-state index contributed by atoms with van der Waals surface area (Å²) >= 11 is 3.05. The molecule has 0 spiro atoms. The lowest BCUT2D eigenvalue weighted by Gasteiger charge is -2.27. The average molecular weight is 347 g/mol. The van der Waals surface area contributed by atoms with Crippen molar-refractivity contribution in [1.29, 1.82) is 0 Å². The van der Waals surface area contributed by atoms with E-state index in [1.807, 2.05) is 0 Å². The van der Waals surface area contributed by atoms with Crippen LogP contribution in [0.1, 0.15) is 31.2 Å². The summed E-state index contributed by atoms with van der Waals surface area (Å²) in [4.78, 5) is 13.0. The van der Waals surface area contributed by atoms with Gasteiger partial charge >= 0.3 is 0 Å². The van der Waals surface area contributed by atoms with Crippen LogP contribution in [0.15, 0.2) is 16.6 Å². The van der Waals surface area contributed by atoms with Crippen LogP contribution in [0.2, 0.25) is 0 Å². The van der Waals surface area contributed by atoms with Crippen molar-refractivity contribution in [3.63, 3.8) is 0 Å². The first-order chi connectivity index (χ1) is 9.49. The third kappa shape index (κ3) is 3.55. The van der Waals surface area contributed by atoms with Gasteiger partial charge in [-0.3, -0.25) is 9.69 Å². The second-order valence-corrected chi connectivity index (χ2v) is 5.99. The van der Waals surface area contributed by atoms with E-state index in [0.717, 1.165) is 25.7 Å². The minimum atomic E-state index is -0.613. The zero-order valence-electron chi connectivity index (χ0n) is 11.0.